The molecule has 80 heavy (non-hydrogen) atoms. The lowest BCUT2D eigenvalue weighted by Crippen LogP contribution is -2.60. The zero-order valence-electron chi connectivity index (χ0n) is 52.3. The molecule has 0 aromatic heterocycles. The first-order valence-corrected chi connectivity index (χ1v) is 34.7. The largest absolute Gasteiger partial charge is 0.394 e. The second-order valence-corrected chi connectivity index (χ2v) is 24.6. The molecule has 1 amide bonds. The summed E-state index contributed by atoms with van der Waals surface area (Å²) < 4.78 is 11.2. The quantitative estimate of drug-likeness (QED) is 0.0215. The van der Waals surface area contributed by atoms with E-state index < -0.39 is 74.2 Å². The highest BCUT2D eigenvalue weighted by molar-refractivity contribution is 5.80. The van der Waals surface area contributed by atoms with Crippen molar-refractivity contribution >= 4 is 5.91 Å². The number of rotatable bonds is 61. The number of nitrogens with one attached hydrogen (secondary N) is 1. The van der Waals surface area contributed by atoms with Crippen molar-refractivity contribution in [2.75, 3.05) is 13.2 Å². The monoisotopic (exact) mass is 1140 g/mol. The van der Waals surface area contributed by atoms with E-state index in [-0.39, 0.29) is 12.8 Å². The van der Waals surface area contributed by atoms with Crippen molar-refractivity contribution in [3.8, 4) is 0 Å². The van der Waals surface area contributed by atoms with Gasteiger partial charge in [0, 0.05) is 0 Å². The number of allylic oxidation sites excluding steroid dienone is 4. The second kappa shape index (κ2) is 58.0. The summed E-state index contributed by atoms with van der Waals surface area (Å²) in [4.78, 5) is 13.2. The van der Waals surface area contributed by atoms with Crippen LogP contribution in [0.2, 0.25) is 0 Å². The van der Waals surface area contributed by atoms with Crippen molar-refractivity contribution in [1.82, 2.24) is 5.32 Å². The molecule has 0 aliphatic carbocycles. The molecular weight excluding hydrogens is 1000 g/mol. The van der Waals surface area contributed by atoms with Crippen LogP contribution in [0, 0.1) is 0 Å². The van der Waals surface area contributed by atoms with Gasteiger partial charge < -0.3 is 50.5 Å². The Bertz CT molecular complexity index is 1350. The molecule has 1 saturated heterocycles. The normalized spacial score (nSPS) is 19.3. The molecule has 0 aromatic carbocycles. The van der Waals surface area contributed by atoms with Crippen LogP contribution in [-0.4, -0.2) is 110 Å². The summed E-state index contributed by atoms with van der Waals surface area (Å²) in [6.45, 7) is 3.50. The smallest absolute Gasteiger partial charge is 0.249 e. The number of ether oxygens (including phenoxy) is 2. The van der Waals surface area contributed by atoms with Gasteiger partial charge in [-0.1, -0.05) is 301 Å². The predicted molar refractivity (Wildman–Crippen MR) is 335 cm³/mol. The number of unbranched alkanes of at least 4 members (excludes halogenated alkanes) is 45. The maximum atomic E-state index is 13.2. The van der Waals surface area contributed by atoms with Gasteiger partial charge >= 0.3 is 0 Å². The van der Waals surface area contributed by atoms with Gasteiger partial charge in [0.15, 0.2) is 6.29 Å². The molecule has 1 rings (SSSR count). The Morgan fingerprint density at radius 1 is 0.425 bits per heavy atom. The van der Waals surface area contributed by atoms with Gasteiger partial charge in [-0.2, -0.15) is 0 Å². The van der Waals surface area contributed by atoms with E-state index >= 15 is 0 Å². The lowest BCUT2D eigenvalue weighted by Gasteiger charge is -2.40. The van der Waals surface area contributed by atoms with E-state index in [1.807, 2.05) is 0 Å². The third kappa shape index (κ3) is 45.0. The van der Waals surface area contributed by atoms with E-state index in [4.69, 9.17) is 9.47 Å². The highest BCUT2D eigenvalue weighted by atomic mass is 16.7. The van der Waals surface area contributed by atoms with E-state index in [0.717, 1.165) is 44.9 Å². The fraction of sp³-hybridized carbons (Fsp3) is 0.928. The summed E-state index contributed by atoms with van der Waals surface area (Å²) in [6, 6.07) is -1.19. The number of aliphatic hydroxyl groups excluding tert-OH is 7. The van der Waals surface area contributed by atoms with Gasteiger partial charge in [-0.05, 0) is 64.2 Å². The second-order valence-electron chi connectivity index (χ2n) is 24.6. The summed E-state index contributed by atoms with van der Waals surface area (Å²) in [6.07, 6.45) is 61.2. The van der Waals surface area contributed by atoms with Crippen molar-refractivity contribution in [2.45, 2.75) is 396 Å². The molecule has 9 atom stereocenters. The minimum atomic E-state index is -1.67. The first-order chi connectivity index (χ1) is 39.2. The molecule has 8 N–H and O–H groups in total. The van der Waals surface area contributed by atoms with Gasteiger partial charge in [-0.15, -0.1) is 0 Å². The van der Waals surface area contributed by atoms with Crippen LogP contribution >= 0.6 is 0 Å². The Hall–Kier alpha value is -1.41. The maximum absolute atomic E-state index is 13.2. The lowest BCUT2D eigenvalue weighted by molar-refractivity contribution is -0.303. The first-order valence-electron chi connectivity index (χ1n) is 34.7. The summed E-state index contributed by atoms with van der Waals surface area (Å²) in [5, 5.41) is 76.4. The third-order valence-electron chi connectivity index (χ3n) is 17.0. The lowest BCUT2D eigenvalue weighted by atomic mass is 9.98. The molecule has 474 valence electrons. The molecule has 0 saturated carbocycles. The summed E-state index contributed by atoms with van der Waals surface area (Å²) in [7, 11) is 0. The molecule has 1 heterocycles. The van der Waals surface area contributed by atoms with Crippen LogP contribution < -0.4 is 5.32 Å². The number of amides is 1. The first kappa shape index (κ1) is 76.6. The fourth-order valence-corrected chi connectivity index (χ4v) is 11.4. The van der Waals surface area contributed by atoms with Crippen LogP contribution in [0.25, 0.3) is 0 Å². The van der Waals surface area contributed by atoms with Crippen LogP contribution in [0.4, 0.5) is 0 Å². The molecule has 11 heteroatoms. The standard InChI is InChI=1S/C69H133NO10/c1-3-5-7-9-11-13-15-17-19-21-23-25-27-29-30-31-32-33-35-36-38-40-42-44-46-48-50-52-54-56-61(72)64(74)60(59-79-69-67(77)66(76)65(75)63(58-71)80-69)70-68(78)62(73)57-55-53-51-49-47-45-43-41-39-37-34-28-26-24-22-20-18-16-14-12-10-8-6-4-2/h34,37,48,50,60-67,69,71-77H,3-33,35-36,38-47,49,51-59H2,1-2H3,(H,70,78)/b37-34-,50-48+. The Morgan fingerprint density at radius 3 is 1.07 bits per heavy atom. The van der Waals surface area contributed by atoms with Crippen molar-refractivity contribution in [2.24, 2.45) is 0 Å². The Balaban J connectivity index is 2.23. The van der Waals surface area contributed by atoms with Gasteiger partial charge in [-0.3, -0.25) is 4.79 Å². The minimum absolute atomic E-state index is 0.252. The average molecular weight is 1140 g/mol. The predicted octanol–water partition coefficient (Wildman–Crippen LogP) is 16.4. The topological polar surface area (TPSA) is 189 Å². The van der Waals surface area contributed by atoms with Gasteiger partial charge in [0.1, 0.15) is 36.6 Å². The molecule has 11 nitrogen and oxygen atoms in total. The highest BCUT2D eigenvalue weighted by Crippen LogP contribution is 2.24. The molecule has 0 bridgehead atoms. The number of hydrogen-bond donors (Lipinski definition) is 8. The van der Waals surface area contributed by atoms with Crippen LogP contribution in [-0.2, 0) is 14.3 Å². The van der Waals surface area contributed by atoms with Gasteiger partial charge in [0.05, 0.1) is 25.4 Å². The van der Waals surface area contributed by atoms with Crippen LogP contribution in [0.5, 0.6) is 0 Å². The Kier molecular flexibility index (Phi) is 55.5. The minimum Gasteiger partial charge on any atom is -0.394 e. The van der Waals surface area contributed by atoms with E-state index in [1.54, 1.807) is 0 Å². The fourth-order valence-electron chi connectivity index (χ4n) is 11.4. The number of carbonyl (C=O) groups is 1. The average Bonchev–Trinajstić information content (AvgIpc) is 3.46. The van der Waals surface area contributed by atoms with E-state index in [1.165, 1.54) is 257 Å². The Morgan fingerprint density at radius 2 is 0.738 bits per heavy atom. The SMILES string of the molecule is CCCCCCCCCCCCCC/C=C\CCCCCCCCCCC(O)C(=O)NC(COC1OC(CO)C(O)C(O)C1O)C(O)C(O)CCC/C=C/CCCCCCCCCCCCCCCCCCCCCCCCCC. The Labute approximate surface area is 493 Å². The molecular formula is C69H133NO10. The van der Waals surface area contributed by atoms with Gasteiger partial charge in [-0.25, -0.2) is 0 Å². The maximum Gasteiger partial charge on any atom is 0.249 e. The van der Waals surface area contributed by atoms with Crippen molar-refractivity contribution < 1.29 is 50.0 Å². The van der Waals surface area contributed by atoms with E-state index in [0.29, 0.717) is 12.8 Å². The van der Waals surface area contributed by atoms with Crippen LogP contribution in [0.3, 0.4) is 0 Å². The zero-order chi connectivity index (χ0) is 58.2. The zero-order valence-corrected chi connectivity index (χ0v) is 52.3. The highest BCUT2D eigenvalue weighted by Gasteiger charge is 2.44. The third-order valence-corrected chi connectivity index (χ3v) is 17.0. The summed E-state index contributed by atoms with van der Waals surface area (Å²) in [5.41, 5.74) is 0. The molecule has 0 radical (unpaired) electrons. The van der Waals surface area contributed by atoms with Crippen molar-refractivity contribution in [1.29, 1.82) is 0 Å². The van der Waals surface area contributed by atoms with Crippen molar-refractivity contribution in [3.05, 3.63) is 24.3 Å². The molecule has 0 spiro atoms. The molecule has 9 unspecified atom stereocenters. The summed E-state index contributed by atoms with van der Waals surface area (Å²) in [5.74, 6) is -0.703. The number of carbonyl (C=O) groups excluding carboxylic acids is 1. The summed E-state index contributed by atoms with van der Waals surface area (Å²) >= 11 is 0. The van der Waals surface area contributed by atoms with E-state index in [2.05, 4.69) is 43.5 Å². The van der Waals surface area contributed by atoms with Crippen LogP contribution in [0.15, 0.2) is 24.3 Å². The molecule has 0 aromatic rings. The number of hydrogen-bond acceptors (Lipinski definition) is 10. The molecule has 1 aliphatic rings. The molecule has 1 fully saturated rings. The molecule has 1 aliphatic heterocycles. The number of aliphatic hydroxyl groups is 7. The van der Waals surface area contributed by atoms with Gasteiger partial charge in [0.25, 0.3) is 0 Å². The van der Waals surface area contributed by atoms with Crippen LogP contribution in [0.1, 0.15) is 341 Å². The van der Waals surface area contributed by atoms with E-state index in [9.17, 15) is 40.5 Å². The van der Waals surface area contributed by atoms with Gasteiger partial charge in [0.2, 0.25) is 5.91 Å². The van der Waals surface area contributed by atoms with Crippen molar-refractivity contribution in [3.63, 3.8) is 0 Å².